The van der Waals surface area contributed by atoms with E-state index < -0.39 is 0 Å². The summed E-state index contributed by atoms with van der Waals surface area (Å²) in [4.78, 5) is 0. The number of nitrogens with zero attached hydrogens (tertiary/aromatic N) is 3. The summed E-state index contributed by atoms with van der Waals surface area (Å²) in [6, 6.07) is 0. The molecule has 0 amide bonds. The predicted molar refractivity (Wildman–Crippen MR) is 27.2 cm³/mol. The molecule has 0 aliphatic rings. The lowest BCUT2D eigenvalue weighted by Crippen LogP contribution is -1.91. The van der Waals surface area contributed by atoms with Crippen molar-refractivity contribution in [2.75, 3.05) is 0 Å². The SMILES string of the molecule is NSn1ccnn1. The average molecular weight is 116 g/mol. The highest BCUT2D eigenvalue weighted by molar-refractivity contribution is 7.95. The van der Waals surface area contributed by atoms with Crippen molar-refractivity contribution in [2.24, 2.45) is 5.14 Å². The molecule has 0 spiro atoms. The molecule has 1 heterocycles. The zero-order valence-electron chi connectivity index (χ0n) is 3.48. The fraction of sp³-hybridized carbons (Fsp3) is 0. The number of rotatable bonds is 1. The van der Waals surface area contributed by atoms with E-state index in [1.54, 1.807) is 12.4 Å². The van der Waals surface area contributed by atoms with Gasteiger partial charge in [-0.25, -0.2) is 0 Å². The normalized spacial score (nSPS) is 9.29. The van der Waals surface area contributed by atoms with Crippen LogP contribution in [0.1, 0.15) is 0 Å². The van der Waals surface area contributed by atoms with Crippen molar-refractivity contribution in [3.05, 3.63) is 12.4 Å². The quantitative estimate of drug-likeness (QED) is 0.509. The van der Waals surface area contributed by atoms with Crippen LogP contribution in [0.25, 0.3) is 0 Å². The van der Waals surface area contributed by atoms with Crippen LogP contribution in [-0.2, 0) is 0 Å². The van der Waals surface area contributed by atoms with E-state index in [0.717, 1.165) is 12.1 Å². The second-order valence-corrected chi connectivity index (χ2v) is 1.50. The minimum Gasteiger partial charge on any atom is -0.258 e. The van der Waals surface area contributed by atoms with Crippen molar-refractivity contribution in [3.8, 4) is 0 Å². The van der Waals surface area contributed by atoms with Crippen molar-refractivity contribution in [1.29, 1.82) is 0 Å². The van der Waals surface area contributed by atoms with Gasteiger partial charge in [-0.1, -0.05) is 5.21 Å². The van der Waals surface area contributed by atoms with Crippen molar-refractivity contribution in [1.82, 2.24) is 14.4 Å². The first kappa shape index (κ1) is 4.61. The van der Waals surface area contributed by atoms with Gasteiger partial charge in [0.05, 0.1) is 24.5 Å². The lowest BCUT2D eigenvalue weighted by atomic mass is 11.0. The molecular weight excluding hydrogens is 112 g/mol. The third-order valence-corrected chi connectivity index (χ3v) is 0.919. The van der Waals surface area contributed by atoms with Crippen LogP contribution in [0.4, 0.5) is 0 Å². The molecule has 0 aliphatic carbocycles. The first-order valence-corrected chi connectivity index (χ1v) is 2.50. The first-order chi connectivity index (χ1) is 3.43. The molecule has 4 nitrogen and oxygen atoms in total. The zero-order valence-corrected chi connectivity index (χ0v) is 4.30. The number of hydrogen-bond donors (Lipinski definition) is 1. The molecule has 1 rings (SSSR count). The van der Waals surface area contributed by atoms with Gasteiger partial charge in [0.1, 0.15) is 0 Å². The van der Waals surface area contributed by atoms with Crippen LogP contribution in [0.3, 0.4) is 0 Å². The number of hydrogen-bond acceptors (Lipinski definition) is 4. The van der Waals surface area contributed by atoms with Gasteiger partial charge in [-0.2, -0.15) is 4.09 Å². The Kier molecular flexibility index (Phi) is 1.28. The Balaban J connectivity index is 2.76. The second kappa shape index (κ2) is 1.94. The monoisotopic (exact) mass is 116 g/mol. The Morgan fingerprint density at radius 3 is 2.86 bits per heavy atom. The Hall–Kier alpha value is -0.550. The minimum atomic E-state index is 1.02. The predicted octanol–water partition coefficient (Wildman–Crippen LogP) is -0.352. The molecule has 1 aromatic heterocycles. The molecule has 5 heteroatoms. The third kappa shape index (κ3) is 0.908. The highest BCUT2D eigenvalue weighted by atomic mass is 32.2. The Morgan fingerprint density at radius 1 is 1.71 bits per heavy atom. The molecule has 2 N–H and O–H groups in total. The van der Waals surface area contributed by atoms with Crippen LogP contribution >= 0.6 is 12.1 Å². The molecule has 0 aromatic carbocycles. The van der Waals surface area contributed by atoms with Crippen LogP contribution in [0.15, 0.2) is 12.4 Å². The molecule has 0 atom stereocenters. The van der Waals surface area contributed by atoms with Crippen molar-refractivity contribution < 1.29 is 0 Å². The van der Waals surface area contributed by atoms with Crippen LogP contribution in [0.5, 0.6) is 0 Å². The van der Waals surface area contributed by atoms with Gasteiger partial charge in [0.15, 0.2) is 0 Å². The summed E-state index contributed by atoms with van der Waals surface area (Å²) in [6.45, 7) is 0. The van der Waals surface area contributed by atoms with E-state index in [0.29, 0.717) is 0 Å². The highest BCUT2D eigenvalue weighted by Gasteiger charge is 1.80. The molecule has 0 unspecified atom stereocenters. The molecule has 0 bridgehead atoms. The van der Waals surface area contributed by atoms with Gasteiger partial charge < -0.3 is 0 Å². The summed E-state index contributed by atoms with van der Waals surface area (Å²) in [5.74, 6) is 0. The Bertz CT molecular complexity index is 124. The van der Waals surface area contributed by atoms with Gasteiger partial charge >= 0.3 is 0 Å². The van der Waals surface area contributed by atoms with Gasteiger partial charge in [0.25, 0.3) is 0 Å². The van der Waals surface area contributed by atoms with Crippen LogP contribution in [0, 0.1) is 0 Å². The maximum Gasteiger partial charge on any atom is 0.0704 e. The summed E-state index contributed by atoms with van der Waals surface area (Å²) < 4.78 is 1.46. The summed E-state index contributed by atoms with van der Waals surface area (Å²) in [7, 11) is 0. The van der Waals surface area contributed by atoms with E-state index in [4.69, 9.17) is 5.14 Å². The van der Waals surface area contributed by atoms with Crippen molar-refractivity contribution >= 4 is 12.1 Å². The standard InChI is InChI=1S/C2H4N4S/c3-7-6-2-1-4-5-6/h1-2H,3H2. The molecule has 1 aromatic rings. The fourth-order valence-electron chi connectivity index (χ4n) is 0.254. The molecule has 0 saturated carbocycles. The highest BCUT2D eigenvalue weighted by Crippen LogP contribution is 1.86. The minimum absolute atomic E-state index is 1.02. The summed E-state index contributed by atoms with van der Waals surface area (Å²) in [6.07, 6.45) is 3.24. The molecule has 7 heavy (non-hydrogen) atoms. The van der Waals surface area contributed by atoms with E-state index in [1.807, 2.05) is 0 Å². The summed E-state index contributed by atoms with van der Waals surface area (Å²) in [5.41, 5.74) is 0. The third-order valence-electron chi connectivity index (χ3n) is 0.509. The van der Waals surface area contributed by atoms with Crippen LogP contribution in [0.2, 0.25) is 0 Å². The van der Waals surface area contributed by atoms with E-state index in [-0.39, 0.29) is 0 Å². The molecule has 0 fully saturated rings. The number of aromatic nitrogens is 3. The average Bonchev–Trinajstić information content (AvgIpc) is 2.14. The molecule has 38 valence electrons. The van der Waals surface area contributed by atoms with E-state index >= 15 is 0 Å². The lowest BCUT2D eigenvalue weighted by molar-refractivity contribution is 0.891. The topological polar surface area (TPSA) is 56.7 Å². The van der Waals surface area contributed by atoms with E-state index in [9.17, 15) is 0 Å². The molecule has 0 saturated heterocycles. The van der Waals surface area contributed by atoms with Crippen LogP contribution in [-0.4, -0.2) is 14.4 Å². The largest absolute Gasteiger partial charge is 0.258 e. The number of nitrogens with two attached hydrogens (primary N) is 1. The van der Waals surface area contributed by atoms with Gasteiger partial charge in [0, 0.05) is 0 Å². The van der Waals surface area contributed by atoms with Gasteiger partial charge in [-0.15, -0.1) is 5.10 Å². The smallest absolute Gasteiger partial charge is 0.0704 e. The van der Waals surface area contributed by atoms with Crippen molar-refractivity contribution in [3.63, 3.8) is 0 Å². The summed E-state index contributed by atoms with van der Waals surface area (Å²) in [5, 5.41) is 12.1. The molecule has 0 aliphatic heterocycles. The zero-order chi connectivity index (χ0) is 5.11. The second-order valence-electron chi connectivity index (χ2n) is 0.911. The van der Waals surface area contributed by atoms with Gasteiger partial charge in [-0.05, 0) is 0 Å². The van der Waals surface area contributed by atoms with Gasteiger partial charge in [-0.3, -0.25) is 5.14 Å². The maximum absolute atomic E-state index is 5.07. The Morgan fingerprint density at radius 2 is 2.57 bits per heavy atom. The lowest BCUT2D eigenvalue weighted by Gasteiger charge is -1.83. The van der Waals surface area contributed by atoms with Crippen LogP contribution < -0.4 is 5.14 Å². The molecular formula is C2H4N4S. The molecule has 0 radical (unpaired) electrons. The van der Waals surface area contributed by atoms with E-state index in [2.05, 4.69) is 10.3 Å². The fourth-order valence-corrected chi connectivity index (χ4v) is 0.463. The van der Waals surface area contributed by atoms with Crippen molar-refractivity contribution in [2.45, 2.75) is 0 Å². The van der Waals surface area contributed by atoms with E-state index in [1.165, 1.54) is 4.09 Å². The Labute approximate surface area is 45.0 Å². The maximum atomic E-state index is 5.07. The first-order valence-electron chi connectivity index (χ1n) is 1.67. The summed E-state index contributed by atoms with van der Waals surface area (Å²) >= 11 is 1.02. The van der Waals surface area contributed by atoms with Gasteiger partial charge in [0.2, 0.25) is 0 Å².